The maximum absolute atomic E-state index is 12.1. The summed E-state index contributed by atoms with van der Waals surface area (Å²) in [5, 5.41) is 6.03. The van der Waals surface area contributed by atoms with Crippen LogP contribution in [0.4, 0.5) is 0 Å². The van der Waals surface area contributed by atoms with Crippen molar-refractivity contribution in [3.05, 3.63) is 54.6 Å². The third-order valence-electron chi connectivity index (χ3n) is 3.98. The van der Waals surface area contributed by atoms with Gasteiger partial charge in [0.15, 0.2) is 0 Å². The van der Waals surface area contributed by atoms with E-state index in [4.69, 9.17) is 0 Å². The highest BCUT2D eigenvalue weighted by molar-refractivity contribution is 7.87. The largest absolute Gasteiger partial charge is 0.297 e. The molecule has 0 N–H and O–H groups in total. The minimum absolute atomic E-state index is 0.218. The van der Waals surface area contributed by atoms with Crippen molar-refractivity contribution in [1.29, 1.82) is 0 Å². The van der Waals surface area contributed by atoms with E-state index in [0.29, 0.717) is 5.39 Å². The van der Waals surface area contributed by atoms with Crippen LogP contribution in [-0.2, 0) is 14.3 Å². The van der Waals surface area contributed by atoms with Crippen LogP contribution in [0.15, 0.2) is 59.5 Å². The molecule has 4 aromatic rings. The number of hydrogen-bond donors (Lipinski definition) is 0. The molecular weight excluding hydrogens is 284 g/mol. The van der Waals surface area contributed by atoms with Gasteiger partial charge in [-0.05, 0) is 33.0 Å². The van der Waals surface area contributed by atoms with Crippen LogP contribution in [0.25, 0.3) is 32.3 Å². The Labute approximate surface area is 122 Å². The highest BCUT2D eigenvalue weighted by Gasteiger charge is 2.19. The van der Waals surface area contributed by atoms with Gasteiger partial charge in [-0.2, -0.15) is 8.42 Å². The maximum Gasteiger partial charge on any atom is 0.297 e. The zero-order chi connectivity index (χ0) is 14.6. The third-order valence-corrected chi connectivity index (χ3v) is 5.31. The lowest BCUT2D eigenvalue weighted by Crippen LogP contribution is -2.03. The van der Waals surface area contributed by atoms with E-state index in [1.807, 2.05) is 42.5 Å². The van der Waals surface area contributed by atoms with Gasteiger partial charge < -0.3 is 0 Å². The van der Waals surface area contributed by atoms with Crippen molar-refractivity contribution < 1.29 is 12.6 Å². The first-order valence-electron chi connectivity index (χ1n) is 6.59. The van der Waals surface area contributed by atoms with Gasteiger partial charge in [-0.1, -0.05) is 48.5 Å². The Morgan fingerprint density at radius 1 is 0.762 bits per heavy atom. The van der Waals surface area contributed by atoms with Crippen LogP contribution < -0.4 is 0 Å². The van der Waals surface area contributed by atoms with Crippen LogP contribution in [0.3, 0.4) is 0 Å². The molecule has 4 rings (SSSR count). The quantitative estimate of drug-likeness (QED) is 0.416. The second kappa shape index (κ2) is 4.16. The molecule has 0 bridgehead atoms. The Morgan fingerprint density at radius 3 is 2.00 bits per heavy atom. The highest BCUT2D eigenvalue weighted by atomic mass is 32.2. The van der Waals surface area contributed by atoms with Crippen LogP contribution in [0, 0.1) is 0 Å². The fourth-order valence-electron chi connectivity index (χ4n) is 3.02. The monoisotopic (exact) mass is 296 g/mol. The molecule has 21 heavy (non-hydrogen) atoms. The molecule has 0 unspecified atom stereocenters. The SMILES string of the molecule is COS(=O)(=O)c1ccc2ccc3cccc4ccc1c2c34. The van der Waals surface area contributed by atoms with Crippen molar-refractivity contribution in [3.63, 3.8) is 0 Å². The molecule has 0 saturated carbocycles. The summed E-state index contributed by atoms with van der Waals surface area (Å²) in [5.74, 6) is 0. The predicted octanol–water partition coefficient (Wildman–Crippen LogP) is 3.92. The molecular formula is C17H12O3S. The van der Waals surface area contributed by atoms with Gasteiger partial charge in [0.05, 0.1) is 7.11 Å². The van der Waals surface area contributed by atoms with Crippen molar-refractivity contribution in [2.45, 2.75) is 4.90 Å². The van der Waals surface area contributed by atoms with E-state index >= 15 is 0 Å². The zero-order valence-corrected chi connectivity index (χ0v) is 12.1. The van der Waals surface area contributed by atoms with E-state index in [1.165, 1.54) is 7.11 Å². The van der Waals surface area contributed by atoms with Crippen LogP contribution in [0.2, 0.25) is 0 Å². The fraction of sp³-hybridized carbons (Fsp3) is 0.0588. The van der Waals surface area contributed by atoms with Crippen LogP contribution in [-0.4, -0.2) is 15.5 Å². The van der Waals surface area contributed by atoms with Crippen molar-refractivity contribution in [1.82, 2.24) is 0 Å². The smallest absolute Gasteiger partial charge is 0.270 e. The minimum Gasteiger partial charge on any atom is -0.270 e. The maximum atomic E-state index is 12.1. The standard InChI is InChI=1S/C17H12O3S/c1-20-21(18,19)15-10-8-13-6-5-11-3-2-4-12-7-9-14(15)17(13)16(11)12/h2-10H,1H3. The molecule has 0 aliphatic rings. The van der Waals surface area contributed by atoms with Crippen LogP contribution >= 0.6 is 0 Å². The van der Waals surface area contributed by atoms with E-state index in [1.54, 1.807) is 6.07 Å². The van der Waals surface area contributed by atoms with Crippen molar-refractivity contribution >= 4 is 42.4 Å². The molecule has 0 aliphatic carbocycles. The van der Waals surface area contributed by atoms with Gasteiger partial charge in [0.25, 0.3) is 10.1 Å². The van der Waals surface area contributed by atoms with E-state index < -0.39 is 10.1 Å². The van der Waals surface area contributed by atoms with Gasteiger partial charge in [0.2, 0.25) is 0 Å². The number of rotatable bonds is 2. The minimum atomic E-state index is -3.72. The summed E-state index contributed by atoms with van der Waals surface area (Å²) >= 11 is 0. The van der Waals surface area contributed by atoms with Crippen LogP contribution in [0.5, 0.6) is 0 Å². The lowest BCUT2D eigenvalue weighted by Gasteiger charge is -2.13. The van der Waals surface area contributed by atoms with E-state index in [-0.39, 0.29) is 4.90 Å². The second-order valence-electron chi connectivity index (χ2n) is 5.04. The topological polar surface area (TPSA) is 43.4 Å². The molecule has 0 radical (unpaired) electrons. The average Bonchev–Trinajstić information content (AvgIpc) is 2.52. The Balaban J connectivity index is 2.32. The Morgan fingerprint density at radius 2 is 1.33 bits per heavy atom. The van der Waals surface area contributed by atoms with Crippen molar-refractivity contribution in [3.8, 4) is 0 Å². The first-order valence-corrected chi connectivity index (χ1v) is 8.00. The summed E-state index contributed by atoms with van der Waals surface area (Å²) in [5.41, 5.74) is 0. The van der Waals surface area contributed by atoms with E-state index in [0.717, 1.165) is 26.9 Å². The van der Waals surface area contributed by atoms with Gasteiger partial charge in [0.1, 0.15) is 4.90 Å². The molecule has 4 aromatic carbocycles. The van der Waals surface area contributed by atoms with Crippen LogP contribution in [0.1, 0.15) is 0 Å². The molecule has 4 heteroatoms. The fourth-order valence-corrected chi connectivity index (χ4v) is 3.87. The second-order valence-corrected chi connectivity index (χ2v) is 6.72. The van der Waals surface area contributed by atoms with Gasteiger partial charge in [0, 0.05) is 5.39 Å². The molecule has 0 aromatic heterocycles. The molecule has 0 atom stereocenters. The molecule has 0 saturated heterocycles. The van der Waals surface area contributed by atoms with Gasteiger partial charge in [-0.3, -0.25) is 4.18 Å². The Bertz CT molecular complexity index is 1070. The predicted molar refractivity (Wildman–Crippen MR) is 84.3 cm³/mol. The molecule has 0 aliphatic heterocycles. The van der Waals surface area contributed by atoms with Gasteiger partial charge in [-0.15, -0.1) is 0 Å². The zero-order valence-electron chi connectivity index (χ0n) is 11.3. The highest BCUT2D eigenvalue weighted by Crippen LogP contribution is 2.37. The normalized spacial score (nSPS) is 12.6. The van der Waals surface area contributed by atoms with Crippen molar-refractivity contribution in [2.75, 3.05) is 7.11 Å². The van der Waals surface area contributed by atoms with Gasteiger partial charge in [-0.25, -0.2) is 0 Å². The molecule has 0 amide bonds. The summed E-state index contributed by atoms with van der Waals surface area (Å²) in [6.07, 6.45) is 0. The summed E-state index contributed by atoms with van der Waals surface area (Å²) in [7, 11) is -2.54. The summed E-state index contributed by atoms with van der Waals surface area (Å²) in [4.78, 5) is 0.218. The summed E-state index contributed by atoms with van der Waals surface area (Å²) in [6.45, 7) is 0. The van der Waals surface area contributed by atoms with Crippen molar-refractivity contribution in [2.24, 2.45) is 0 Å². The van der Waals surface area contributed by atoms with E-state index in [2.05, 4.69) is 10.2 Å². The van der Waals surface area contributed by atoms with E-state index in [9.17, 15) is 8.42 Å². The molecule has 0 spiro atoms. The molecule has 104 valence electrons. The third kappa shape index (κ3) is 1.66. The number of hydrogen-bond acceptors (Lipinski definition) is 3. The summed E-state index contributed by atoms with van der Waals surface area (Å²) < 4.78 is 28.9. The van der Waals surface area contributed by atoms with Gasteiger partial charge >= 0.3 is 0 Å². The number of benzene rings is 4. The first-order chi connectivity index (χ1) is 10.1. The summed E-state index contributed by atoms with van der Waals surface area (Å²) in [6, 6.07) is 17.4. The molecule has 0 fully saturated rings. The average molecular weight is 296 g/mol. The first kappa shape index (κ1) is 12.6. The Hall–Kier alpha value is -2.17. The Kier molecular flexibility index (Phi) is 2.49. The molecule has 0 heterocycles. The lowest BCUT2D eigenvalue weighted by atomic mass is 9.94. The molecule has 3 nitrogen and oxygen atoms in total. The lowest BCUT2D eigenvalue weighted by molar-refractivity contribution is 0.398.